The summed E-state index contributed by atoms with van der Waals surface area (Å²) in [5.41, 5.74) is 3.16. The van der Waals surface area contributed by atoms with Crippen LogP contribution in [0.1, 0.15) is 28.1 Å². The van der Waals surface area contributed by atoms with Gasteiger partial charge in [0.1, 0.15) is 5.01 Å². The number of aromatic nitrogens is 1. The van der Waals surface area contributed by atoms with Crippen LogP contribution in [0, 0.1) is 5.92 Å². The van der Waals surface area contributed by atoms with Crippen LogP contribution in [0.4, 0.5) is 26.3 Å². The Morgan fingerprint density at radius 1 is 0.974 bits per heavy atom. The lowest BCUT2D eigenvalue weighted by Gasteiger charge is -2.36. The molecule has 5 rings (SSSR count). The van der Waals surface area contributed by atoms with Crippen LogP contribution >= 0.6 is 11.3 Å². The summed E-state index contributed by atoms with van der Waals surface area (Å²) < 4.78 is 69.1. The van der Waals surface area contributed by atoms with Crippen LogP contribution in [-0.4, -0.2) is 88.7 Å². The number of carboxylic acid groups (broad SMARTS) is 2. The summed E-state index contributed by atoms with van der Waals surface area (Å²) >= 11 is 1.77. The summed E-state index contributed by atoms with van der Waals surface area (Å²) in [6.45, 7) is 7.23. The molecule has 2 N–H and O–H groups in total. The molecule has 0 saturated carbocycles. The molecule has 3 aliphatic rings. The third kappa shape index (κ3) is 7.65. The number of fused-ring (bicyclic) bond motifs is 3. The fourth-order valence-corrected chi connectivity index (χ4v) is 5.54. The number of carboxylic acids is 2. The van der Waals surface area contributed by atoms with E-state index >= 15 is 0 Å². The number of morpholine rings is 1. The van der Waals surface area contributed by atoms with Gasteiger partial charge >= 0.3 is 24.3 Å². The van der Waals surface area contributed by atoms with E-state index in [1.165, 1.54) is 18.1 Å². The van der Waals surface area contributed by atoms with Crippen LogP contribution in [0.15, 0.2) is 35.8 Å². The van der Waals surface area contributed by atoms with Crippen molar-refractivity contribution < 1.29 is 50.9 Å². The molecule has 0 bridgehead atoms. The van der Waals surface area contributed by atoms with Crippen molar-refractivity contribution >= 4 is 23.3 Å². The zero-order valence-corrected chi connectivity index (χ0v) is 20.6. The number of carbonyl (C=O) groups is 2. The molecule has 2 aliphatic heterocycles. The summed E-state index contributed by atoms with van der Waals surface area (Å²) in [7, 11) is 0. The first-order chi connectivity index (χ1) is 17.8. The van der Waals surface area contributed by atoms with Crippen molar-refractivity contribution in [3.05, 3.63) is 52.0 Å². The minimum atomic E-state index is -5.08. The van der Waals surface area contributed by atoms with Crippen molar-refractivity contribution in [2.45, 2.75) is 30.9 Å². The number of hydrogen-bond acceptors (Lipinski definition) is 7. The van der Waals surface area contributed by atoms with E-state index in [4.69, 9.17) is 24.5 Å². The second-order valence-electron chi connectivity index (χ2n) is 8.72. The number of rotatable bonds is 3. The van der Waals surface area contributed by atoms with E-state index in [1.807, 2.05) is 6.20 Å². The van der Waals surface area contributed by atoms with E-state index in [0.717, 1.165) is 32.8 Å². The van der Waals surface area contributed by atoms with Gasteiger partial charge < -0.3 is 14.9 Å². The summed E-state index contributed by atoms with van der Waals surface area (Å²) in [4.78, 5) is 27.5. The number of alkyl halides is 6. The lowest BCUT2D eigenvalue weighted by molar-refractivity contribution is -0.193. The van der Waals surface area contributed by atoms with Gasteiger partial charge in [0.2, 0.25) is 0 Å². The molecule has 3 heterocycles. The van der Waals surface area contributed by atoms with Crippen molar-refractivity contribution in [1.82, 2.24) is 14.8 Å². The van der Waals surface area contributed by atoms with Gasteiger partial charge in [0.15, 0.2) is 0 Å². The maximum absolute atomic E-state index is 10.6. The van der Waals surface area contributed by atoms with Crippen LogP contribution in [0.3, 0.4) is 0 Å². The summed E-state index contributed by atoms with van der Waals surface area (Å²) in [6.07, 6.45) is -8.25. The molecular formula is C23H25F6N3O5S. The first-order valence-corrected chi connectivity index (χ1v) is 12.3. The van der Waals surface area contributed by atoms with E-state index < -0.39 is 24.3 Å². The molecule has 1 aromatic heterocycles. The zero-order valence-electron chi connectivity index (χ0n) is 19.8. The Balaban J connectivity index is 0.000000239. The molecule has 15 heteroatoms. The number of ether oxygens (including phenoxy) is 1. The Morgan fingerprint density at radius 3 is 2.03 bits per heavy atom. The highest BCUT2D eigenvalue weighted by atomic mass is 32.1. The Kier molecular flexibility index (Phi) is 9.73. The SMILES string of the molecule is O=C(O)C(F)(F)F.O=C(O)C(F)(F)F.c1ccc2c(c1)[C@@H]1CN(Cc3nccs3)C[C@@H]1[C@H]2N1CCOCC1. The fraction of sp³-hybridized carbons (Fsp3) is 0.522. The number of likely N-dealkylation sites (tertiary alicyclic amines) is 1. The third-order valence-corrected chi connectivity index (χ3v) is 7.09. The van der Waals surface area contributed by atoms with Crippen LogP contribution in [-0.2, 0) is 20.9 Å². The highest BCUT2D eigenvalue weighted by Gasteiger charge is 2.48. The van der Waals surface area contributed by atoms with Gasteiger partial charge in [-0.05, 0) is 17.0 Å². The minimum absolute atomic E-state index is 0.566. The average molecular weight is 570 g/mol. The Hall–Kier alpha value is -2.75. The highest BCUT2D eigenvalue weighted by Crippen LogP contribution is 2.52. The van der Waals surface area contributed by atoms with Gasteiger partial charge in [-0.2, -0.15) is 26.3 Å². The standard InChI is InChI=1S/C19H23N3OS.2C2HF3O2/c1-2-4-15-14(3-1)16-11-21(13-18-20-5-10-24-18)12-17(16)19(15)22-6-8-23-9-7-22;2*3-2(4,5)1(6)7/h1-5,10,16-17,19H,6-9,11-13H2;2*(H,6,7)/t16-,17-,19-;;/m0../s1. The average Bonchev–Trinajstić information content (AvgIpc) is 3.56. The van der Waals surface area contributed by atoms with Crippen molar-refractivity contribution in [2.75, 3.05) is 39.4 Å². The normalized spacial score (nSPS) is 23.4. The molecule has 0 unspecified atom stereocenters. The van der Waals surface area contributed by atoms with Gasteiger partial charge in [-0.1, -0.05) is 24.3 Å². The summed E-state index contributed by atoms with van der Waals surface area (Å²) in [6, 6.07) is 9.71. The number of nitrogens with zero attached hydrogens (tertiary/aromatic N) is 3. The van der Waals surface area contributed by atoms with Crippen molar-refractivity contribution in [2.24, 2.45) is 5.92 Å². The Bertz CT molecular complexity index is 1050. The predicted octanol–water partition coefficient (Wildman–Crippen LogP) is 4.01. The van der Waals surface area contributed by atoms with Crippen LogP contribution < -0.4 is 0 Å². The van der Waals surface area contributed by atoms with Gasteiger partial charge in [-0.15, -0.1) is 11.3 Å². The zero-order chi connectivity index (χ0) is 28.1. The van der Waals surface area contributed by atoms with Crippen molar-refractivity contribution in [1.29, 1.82) is 0 Å². The van der Waals surface area contributed by atoms with Gasteiger partial charge in [0.05, 0.1) is 19.8 Å². The molecule has 210 valence electrons. The van der Waals surface area contributed by atoms with Gasteiger partial charge in [-0.25, -0.2) is 14.6 Å². The predicted molar refractivity (Wildman–Crippen MR) is 123 cm³/mol. The number of hydrogen-bond donors (Lipinski definition) is 2. The van der Waals surface area contributed by atoms with Crippen LogP contribution in [0.25, 0.3) is 0 Å². The van der Waals surface area contributed by atoms with E-state index in [-0.39, 0.29) is 0 Å². The molecule has 38 heavy (non-hydrogen) atoms. The maximum atomic E-state index is 10.6. The van der Waals surface area contributed by atoms with Crippen molar-refractivity contribution in [3.63, 3.8) is 0 Å². The van der Waals surface area contributed by atoms with Gasteiger partial charge in [-0.3, -0.25) is 9.80 Å². The van der Waals surface area contributed by atoms with Crippen LogP contribution in [0.5, 0.6) is 0 Å². The summed E-state index contributed by atoms with van der Waals surface area (Å²) in [5.74, 6) is -4.13. The molecule has 0 amide bonds. The lowest BCUT2D eigenvalue weighted by Crippen LogP contribution is -2.41. The van der Waals surface area contributed by atoms with E-state index in [2.05, 4.69) is 44.4 Å². The highest BCUT2D eigenvalue weighted by molar-refractivity contribution is 7.09. The number of benzene rings is 1. The smallest absolute Gasteiger partial charge is 0.475 e. The maximum Gasteiger partial charge on any atom is 0.490 e. The Labute approximate surface area is 217 Å². The van der Waals surface area contributed by atoms with Gasteiger partial charge in [0, 0.05) is 49.7 Å². The van der Waals surface area contributed by atoms with Gasteiger partial charge in [0.25, 0.3) is 0 Å². The molecule has 1 aromatic carbocycles. The quantitative estimate of drug-likeness (QED) is 0.535. The molecule has 2 fully saturated rings. The van der Waals surface area contributed by atoms with E-state index in [0.29, 0.717) is 17.9 Å². The molecule has 0 spiro atoms. The number of halogens is 6. The second kappa shape index (κ2) is 12.4. The van der Waals surface area contributed by atoms with E-state index in [9.17, 15) is 26.3 Å². The largest absolute Gasteiger partial charge is 0.490 e. The number of aliphatic carboxylic acids is 2. The first-order valence-electron chi connectivity index (χ1n) is 11.4. The topological polar surface area (TPSA) is 103 Å². The lowest BCUT2D eigenvalue weighted by atomic mass is 9.93. The fourth-order valence-electron chi connectivity index (χ4n) is 4.89. The molecule has 2 saturated heterocycles. The first kappa shape index (κ1) is 29.8. The Morgan fingerprint density at radius 2 is 1.53 bits per heavy atom. The monoisotopic (exact) mass is 569 g/mol. The second-order valence-corrected chi connectivity index (χ2v) is 9.70. The van der Waals surface area contributed by atoms with Crippen LogP contribution in [0.2, 0.25) is 0 Å². The molecule has 2 aromatic rings. The molecule has 1 aliphatic carbocycles. The minimum Gasteiger partial charge on any atom is -0.475 e. The third-order valence-electron chi connectivity index (χ3n) is 6.33. The van der Waals surface area contributed by atoms with Crippen molar-refractivity contribution in [3.8, 4) is 0 Å². The molecule has 8 nitrogen and oxygen atoms in total. The number of thiazole rings is 1. The molecule has 3 atom stereocenters. The van der Waals surface area contributed by atoms with E-state index in [1.54, 1.807) is 22.5 Å². The molecular weight excluding hydrogens is 544 g/mol. The summed E-state index contributed by atoms with van der Waals surface area (Å²) in [5, 5.41) is 17.6. The molecule has 0 radical (unpaired) electrons.